The van der Waals surface area contributed by atoms with Crippen LogP contribution in [-0.4, -0.2) is 10.9 Å². The summed E-state index contributed by atoms with van der Waals surface area (Å²) < 4.78 is 0.701. The van der Waals surface area contributed by atoms with Gasteiger partial charge in [-0.3, -0.25) is 9.78 Å². The van der Waals surface area contributed by atoms with E-state index in [1.54, 1.807) is 6.07 Å². The van der Waals surface area contributed by atoms with Crippen LogP contribution in [0.5, 0.6) is 0 Å². The molecule has 19 heavy (non-hydrogen) atoms. The quantitative estimate of drug-likeness (QED) is 0.914. The largest absolute Gasteiger partial charge is 0.398 e. The molecule has 2 rings (SSSR count). The van der Waals surface area contributed by atoms with E-state index in [1.807, 2.05) is 26.0 Å². The van der Waals surface area contributed by atoms with Gasteiger partial charge in [0.2, 0.25) is 0 Å². The molecule has 1 unspecified atom stereocenters. The summed E-state index contributed by atoms with van der Waals surface area (Å²) >= 11 is 7.32. The standard InChI is InChI=1S/C13H14ClN3OS/c1-7-5-10(15)9(6-16-7)13(18)17-8(2)11-3-4-12(14)19-11/h3-6,8H,1-2H3,(H2,15,16)(H,17,18). The fourth-order valence-corrected chi connectivity index (χ4v) is 2.74. The molecule has 0 aliphatic carbocycles. The maximum Gasteiger partial charge on any atom is 0.255 e. The average Bonchev–Trinajstić information content (AvgIpc) is 2.75. The van der Waals surface area contributed by atoms with Gasteiger partial charge in [-0.1, -0.05) is 11.6 Å². The van der Waals surface area contributed by atoms with Crippen molar-refractivity contribution < 1.29 is 4.79 Å². The molecule has 0 bridgehead atoms. The summed E-state index contributed by atoms with van der Waals surface area (Å²) in [6, 6.07) is 5.27. The maximum atomic E-state index is 12.1. The van der Waals surface area contributed by atoms with Gasteiger partial charge in [-0.15, -0.1) is 11.3 Å². The van der Waals surface area contributed by atoms with E-state index in [1.165, 1.54) is 17.5 Å². The summed E-state index contributed by atoms with van der Waals surface area (Å²) in [5.74, 6) is -0.234. The summed E-state index contributed by atoms with van der Waals surface area (Å²) in [6.45, 7) is 3.73. The molecule has 2 heterocycles. The van der Waals surface area contributed by atoms with Crippen LogP contribution in [0.4, 0.5) is 5.69 Å². The average molecular weight is 296 g/mol. The van der Waals surface area contributed by atoms with Crippen molar-refractivity contribution in [1.82, 2.24) is 10.3 Å². The van der Waals surface area contributed by atoms with E-state index >= 15 is 0 Å². The molecule has 0 fully saturated rings. The Balaban J connectivity index is 2.12. The van der Waals surface area contributed by atoms with Crippen LogP contribution in [0, 0.1) is 6.92 Å². The minimum atomic E-state index is -0.234. The Morgan fingerprint density at radius 2 is 2.26 bits per heavy atom. The molecule has 0 saturated heterocycles. The molecule has 2 aromatic rings. The van der Waals surface area contributed by atoms with Crippen LogP contribution in [0.15, 0.2) is 24.4 Å². The lowest BCUT2D eigenvalue weighted by atomic mass is 10.2. The van der Waals surface area contributed by atoms with Gasteiger partial charge in [0.15, 0.2) is 0 Å². The Labute approximate surface area is 120 Å². The Hall–Kier alpha value is -1.59. The number of hydrogen-bond donors (Lipinski definition) is 2. The summed E-state index contributed by atoms with van der Waals surface area (Å²) in [6.07, 6.45) is 1.49. The van der Waals surface area contributed by atoms with Crippen LogP contribution in [-0.2, 0) is 0 Å². The third-order valence-corrected chi connectivity index (χ3v) is 4.10. The molecular formula is C13H14ClN3OS. The first-order valence-electron chi connectivity index (χ1n) is 5.75. The third kappa shape index (κ3) is 3.24. The van der Waals surface area contributed by atoms with Crippen LogP contribution in [0.1, 0.15) is 33.9 Å². The summed E-state index contributed by atoms with van der Waals surface area (Å²) in [7, 11) is 0. The summed E-state index contributed by atoms with van der Waals surface area (Å²) in [4.78, 5) is 17.2. The van der Waals surface area contributed by atoms with Crippen molar-refractivity contribution in [3.63, 3.8) is 0 Å². The van der Waals surface area contributed by atoms with Crippen molar-refractivity contribution in [2.45, 2.75) is 19.9 Å². The van der Waals surface area contributed by atoms with Crippen LogP contribution in [0.2, 0.25) is 4.34 Å². The molecule has 0 spiro atoms. The van der Waals surface area contributed by atoms with Gasteiger partial charge >= 0.3 is 0 Å². The smallest absolute Gasteiger partial charge is 0.255 e. The number of carbonyl (C=O) groups is 1. The minimum absolute atomic E-state index is 0.120. The highest BCUT2D eigenvalue weighted by Crippen LogP contribution is 2.27. The number of anilines is 1. The number of nitrogens with two attached hydrogens (primary N) is 1. The highest BCUT2D eigenvalue weighted by molar-refractivity contribution is 7.16. The topological polar surface area (TPSA) is 68.0 Å². The number of thiophene rings is 1. The fraction of sp³-hybridized carbons (Fsp3) is 0.231. The van der Waals surface area contributed by atoms with Gasteiger partial charge in [0.25, 0.3) is 5.91 Å². The van der Waals surface area contributed by atoms with Gasteiger partial charge in [-0.05, 0) is 32.0 Å². The second kappa shape index (κ2) is 5.59. The van der Waals surface area contributed by atoms with Gasteiger partial charge in [0, 0.05) is 22.5 Å². The van der Waals surface area contributed by atoms with E-state index in [-0.39, 0.29) is 11.9 Å². The summed E-state index contributed by atoms with van der Waals surface area (Å²) in [5.41, 5.74) is 7.43. The predicted molar refractivity (Wildman–Crippen MR) is 78.6 cm³/mol. The lowest BCUT2D eigenvalue weighted by Crippen LogP contribution is -2.27. The van der Waals surface area contributed by atoms with Crippen molar-refractivity contribution in [3.05, 3.63) is 44.9 Å². The number of hydrogen-bond acceptors (Lipinski definition) is 4. The minimum Gasteiger partial charge on any atom is -0.398 e. The van der Waals surface area contributed by atoms with Crippen LogP contribution in [0.25, 0.3) is 0 Å². The van der Waals surface area contributed by atoms with Gasteiger partial charge in [-0.25, -0.2) is 0 Å². The number of nitrogen functional groups attached to an aromatic ring is 1. The number of pyridine rings is 1. The van der Waals surface area contributed by atoms with Crippen molar-refractivity contribution >= 4 is 34.5 Å². The van der Waals surface area contributed by atoms with E-state index in [9.17, 15) is 4.79 Å². The van der Waals surface area contributed by atoms with E-state index in [4.69, 9.17) is 17.3 Å². The van der Waals surface area contributed by atoms with E-state index < -0.39 is 0 Å². The molecule has 0 aliphatic rings. The number of amides is 1. The molecule has 0 radical (unpaired) electrons. The molecule has 3 N–H and O–H groups in total. The number of aryl methyl sites for hydroxylation is 1. The van der Waals surface area contributed by atoms with E-state index in [0.29, 0.717) is 15.6 Å². The number of rotatable bonds is 3. The SMILES string of the molecule is Cc1cc(N)c(C(=O)NC(C)c2ccc(Cl)s2)cn1. The number of carbonyl (C=O) groups excluding carboxylic acids is 1. The molecule has 1 amide bonds. The monoisotopic (exact) mass is 295 g/mol. The normalized spacial score (nSPS) is 12.2. The van der Waals surface area contributed by atoms with Gasteiger partial charge in [0.1, 0.15) is 0 Å². The van der Waals surface area contributed by atoms with Crippen molar-refractivity contribution in [2.75, 3.05) is 5.73 Å². The second-order valence-electron chi connectivity index (χ2n) is 4.25. The number of nitrogens with zero attached hydrogens (tertiary/aromatic N) is 1. The maximum absolute atomic E-state index is 12.1. The number of nitrogens with one attached hydrogen (secondary N) is 1. The zero-order chi connectivity index (χ0) is 14.0. The Morgan fingerprint density at radius 1 is 1.53 bits per heavy atom. The molecule has 1 atom stereocenters. The second-order valence-corrected chi connectivity index (χ2v) is 6.00. The first-order valence-corrected chi connectivity index (χ1v) is 6.95. The lowest BCUT2D eigenvalue weighted by molar-refractivity contribution is 0.0941. The van der Waals surface area contributed by atoms with Crippen molar-refractivity contribution in [3.8, 4) is 0 Å². The third-order valence-electron chi connectivity index (χ3n) is 2.69. The highest BCUT2D eigenvalue weighted by atomic mass is 35.5. The molecule has 2 aromatic heterocycles. The van der Waals surface area contributed by atoms with Crippen molar-refractivity contribution in [2.24, 2.45) is 0 Å². The molecule has 0 aromatic carbocycles. The molecule has 0 saturated carbocycles. The molecule has 100 valence electrons. The first kappa shape index (κ1) is 13.8. The molecule has 4 nitrogen and oxygen atoms in total. The van der Waals surface area contributed by atoms with E-state index in [0.717, 1.165) is 10.6 Å². The predicted octanol–water partition coefficient (Wildman–Crippen LogP) is 3.18. The van der Waals surface area contributed by atoms with Gasteiger partial charge in [-0.2, -0.15) is 0 Å². The highest BCUT2D eigenvalue weighted by Gasteiger charge is 2.15. The van der Waals surface area contributed by atoms with Crippen LogP contribution < -0.4 is 11.1 Å². The molecule has 0 aliphatic heterocycles. The van der Waals surface area contributed by atoms with Crippen LogP contribution in [0.3, 0.4) is 0 Å². The summed E-state index contributed by atoms with van der Waals surface area (Å²) in [5, 5.41) is 2.88. The lowest BCUT2D eigenvalue weighted by Gasteiger charge is -2.13. The van der Waals surface area contributed by atoms with Crippen molar-refractivity contribution in [1.29, 1.82) is 0 Å². The molecular weight excluding hydrogens is 282 g/mol. The Bertz CT molecular complexity index is 612. The van der Waals surface area contributed by atoms with Gasteiger partial charge < -0.3 is 11.1 Å². The van der Waals surface area contributed by atoms with Gasteiger partial charge in [0.05, 0.1) is 15.9 Å². The first-order chi connectivity index (χ1) is 8.97. The fourth-order valence-electron chi connectivity index (χ4n) is 1.68. The van der Waals surface area contributed by atoms with E-state index in [2.05, 4.69) is 10.3 Å². The number of halogens is 1. The Kier molecular flexibility index (Phi) is 4.07. The zero-order valence-electron chi connectivity index (χ0n) is 10.6. The Morgan fingerprint density at radius 3 is 2.84 bits per heavy atom. The zero-order valence-corrected chi connectivity index (χ0v) is 12.2. The molecule has 6 heteroatoms. The number of aromatic nitrogens is 1. The van der Waals surface area contributed by atoms with Crippen LogP contribution >= 0.6 is 22.9 Å².